The number of amides is 1. The van der Waals surface area contributed by atoms with Crippen molar-refractivity contribution in [2.24, 2.45) is 7.05 Å². The summed E-state index contributed by atoms with van der Waals surface area (Å²) in [6.07, 6.45) is 4.48. The molecule has 0 saturated carbocycles. The molecule has 0 aliphatic carbocycles. The van der Waals surface area contributed by atoms with Crippen molar-refractivity contribution in [3.05, 3.63) is 23.7 Å². The van der Waals surface area contributed by atoms with Crippen molar-refractivity contribution in [3.8, 4) is 11.4 Å². The van der Waals surface area contributed by atoms with Gasteiger partial charge in [0, 0.05) is 25.2 Å². The Kier molecular flexibility index (Phi) is 3.84. The Morgan fingerprint density at radius 2 is 2.55 bits per heavy atom. The molecule has 106 valence electrons. The molecule has 3 rings (SSSR count). The molecule has 0 bridgehead atoms. The number of nitrogens with zero attached hydrogens (tertiary/aromatic N) is 2. The highest BCUT2D eigenvalue weighted by Gasteiger charge is 2.19. The maximum atomic E-state index is 11.9. The van der Waals surface area contributed by atoms with Crippen LogP contribution >= 0.6 is 11.3 Å². The number of hydrogen-bond donors (Lipinski definition) is 1. The summed E-state index contributed by atoms with van der Waals surface area (Å²) in [5.74, 6) is -0.0234. The van der Waals surface area contributed by atoms with E-state index in [0.29, 0.717) is 11.6 Å². The zero-order chi connectivity index (χ0) is 13.9. The molecule has 1 N–H and O–H groups in total. The molecule has 1 saturated heterocycles. The standard InChI is InChI=1S/C14H17N3O2S/c1-17-6-2-5-12(17)11-9-20-14(15-11)16-13(18)8-10-4-3-7-19-10/h2,5-6,9-10H,3-4,7-8H2,1H3,(H,15,16,18)/t10-/m0/s1. The van der Waals surface area contributed by atoms with Gasteiger partial charge in [-0.1, -0.05) is 0 Å². The first-order valence-corrected chi connectivity index (χ1v) is 7.59. The summed E-state index contributed by atoms with van der Waals surface area (Å²) in [4.78, 5) is 16.4. The SMILES string of the molecule is Cn1cccc1-c1csc(NC(=O)C[C@@H]2CCCO2)n1. The van der Waals surface area contributed by atoms with E-state index in [1.807, 2.05) is 35.3 Å². The molecule has 1 atom stereocenters. The van der Waals surface area contributed by atoms with E-state index < -0.39 is 0 Å². The van der Waals surface area contributed by atoms with Crippen LogP contribution in [0.5, 0.6) is 0 Å². The minimum atomic E-state index is -0.0234. The highest BCUT2D eigenvalue weighted by Crippen LogP contribution is 2.25. The van der Waals surface area contributed by atoms with E-state index in [1.165, 1.54) is 11.3 Å². The van der Waals surface area contributed by atoms with Crippen molar-refractivity contribution < 1.29 is 9.53 Å². The first-order valence-electron chi connectivity index (χ1n) is 6.71. The van der Waals surface area contributed by atoms with Crippen LogP contribution in [0.1, 0.15) is 19.3 Å². The highest BCUT2D eigenvalue weighted by atomic mass is 32.1. The number of hydrogen-bond acceptors (Lipinski definition) is 4. The first-order chi connectivity index (χ1) is 9.72. The number of ether oxygens (including phenoxy) is 1. The van der Waals surface area contributed by atoms with Crippen molar-refractivity contribution in [2.45, 2.75) is 25.4 Å². The second kappa shape index (κ2) is 5.76. The van der Waals surface area contributed by atoms with Crippen molar-refractivity contribution in [3.63, 3.8) is 0 Å². The predicted octanol–water partition coefficient (Wildman–Crippen LogP) is 2.66. The molecule has 0 unspecified atom stereocenters. The minimum absolute atomic E-state index is 0.0234. The molecule has 1 fully saturated rings. The lowest BCUT2D eigenvalue weighted by molar-refractivity contribution is -0.118. The van der Waals surface area contributed by atoms with Gasteiger partial charge in [0.1, 0.15) is 0 Å². The fraction of sp³-hybridized carbons (Fsp3) is 0.429. The highest BCUT2D eigenvalue weighted by molar-refractivity contribution is 7.14. The van der Waals surface area contributed by atoms with Gasteiger partial charge in [-0.2, -0.15) is 0 Å². The van der Waals surface area contributed by atoms with Crippen LogP contribution in [0, 0.1) is 0 Å². The number of carbonyl (C=O) groups is 1. The van der Waals surface area contributed by atoms with Crippen molar-refractivity contribution in [1.82, 2.24) is 9.55 Å². The first kappa shape index (κ1) is 13.3. The Bertz CT molecular complexity index is 599. The Morgan fingerprint density at radius 1 is 1.65 bits per heavy atom. The molecular weight excluding hydrogens is 274 g/mol. The van der Waals surface area contributed by atoms with E-state index in [-0.39, 0.29) is 12.0 Å². The van der Waals surface area contributed by atoms with E-state index in [9.17, 15) is 4.79 Å². The van der Waals surface area contributed by atoms with Gasteiger partial charge in [-0.3, -0.25) is 4.79 Å². The number of nitrogens with one attached hydrogen (secondary N) is 1. The Labute approximate surface area is 121 Å². The van der Waals surface area contributed by atoms with Crippen molar-refractivity contribution in [2.75, 3.05) is 11.9 Å². The maximum absolute atomic E-state index is 11.9. The van der Waals surface area contributed by atoms with Crippen LogP contribution in [-0.2, 0) is 16.6 Å². The van der Waals surface area contributed by atoms with Gasteiger partial charge in [0.05, 0.1) is 23.9 Å². The fourth-order valence-electron chi connectivity index (χ4n) is 2.36. The molecule has 5 nitrogen and oxygen atoms in total. The Morgan fingerprint density at radius 3 is 3.25 bits per heavy atom. The van der Waals surface area contributed by atoms with Gasteiger partial charge in [0.2, 0.25) is 5.91 Å². The quantitative estimate of drug-likeness (QED) is 0.942. The van der Waals surface area contributed by atoms with Crippen LogP contribution in [0.15, 0.2) is 23.7 Å². The molecule has 1 aliphatic heterocycles. The Hall–Kier alpha value is -1.66. The predicted molar refractivity (Wildman–Crippen MR) is 78.7 cm³/mol. The second-order valence-electron chi connectivity index (χ2n) is 4.93. The summed E-state index contributed by atoms with van der Waals surface area (Å²) in [5, 5.41) is 5.45. The topological polar surface area (TPSA) is 56.2 Å². The summed E-state index contributed by atoms with van der Waals surface area (Å²) in [6, 6.07) is 3.98. The van der Waals surface area contributed by atoms with Crippen LogP contribution in [0.25, 0.3) is 11.4 Å². The molecule has 2 aromatic heterocycles. The summed E-state index contributed by atoms with van der Waals surface area (Å²) in [7, 11) is 1.98. The molecule has 0 radical (unpaired) electrons. The van der Waals surface area contributed by atoms with E-state index in [0.717, 1.165) is 30.8 Å². The smallest absolute Gasteiger partial charge is 0.228 e. The molecule has 6 heteroatoms. The lowest BCUT2D eigenvalue weighted by atomic mass is 10.2. The molecule has 1 aliphatic rings. The molecule has 3 heterocycles. The number of thiazole rings is 1. The third-order valence-corrected chi connectivity index (χ3v) is 4.15. The van der Waals surface area contributed by atoms with Crippen LogP contribution in [0.4, 0.5) is 5.13 Å². The number of rotatable bonds is 4. The largest absolute Gasteiger partial charge is 0.378 e. The van der Waals surface area contributed by atoms with Crippen LogP contribution in [-0.4, -0.2) is 28.2 Å². The normalized spacial score (nSPS) is 18.4. The molecule has 2 aromatic rings. The lowest BCUT2D eigenvalue weighted by Gasteiger charge is -2.07. The van der Waals surface area contributed by atoms with Crippen molar-refractivity contribution in [1.29, 1.82) is 0 Å². The van der Waals surface area contributed by atoms with Gasteiger partial charge in [0.25, 0.3) is 0 Å². The van der Waals surface area contributed by atoms with Gasteiger partial charge in [-0.25, -0.2) is 4.98 Å². The van der Waals surface area contributed by atoms with E-state index in [4.69, 9.17) is 4.74 Å². The molecule has 0 aromatic carbocycles. The van der Waals surface area contributed by atoms with Crippen LogP contribution < -0.4 is 5.32 Å². The zero-order valence-electron chi connectivity index (χ0n) is 11.3. The van der Waals surface area contributed by atoms with Gasteiger partial charge in [-0.15, -0.1) is 11.3 Å². The van der Waals surface area contributed by atoms with Gasteiger partial charge < -0.3 is 14.6 Å². The number of anilines is 1. The molecular formula is C14H17N3O2S. The van der Waals surface area contributed by atoms with Gasteiger partial charge in [-0.05, 0) is 25.0 Å². The summed E-state index contributed by atoms with van der Waals surface area (Å²) < 4.78 is 7.47. The lowest BCUT2D eigenvalue weighted by Crippen LogP contribution is -2.19. The van der Waals surface area contributed by atoms with Crippen LogP contribution in [0.3, 0.4) is 0 Å². The maximum Gasteiger partial charge on any atom is 0.228 e. The third kappa shape index (κ3) is 2.91. The van der Waals surface area contributed by atoms with E-state index in [2.05, 4.69) is 10.3 Å². The average Bonchev–Trinajstić information content (AvgIpc) is 3.11. The summed E-state index contributed by atoms with van der Waals surface area (Å²) in [6.45, 7) is 0.771. The van der Waals surface area contributed by atoms with Crippen molar-refractivity contribution >= 4 is 22.4 Å². The second-order valence-corrected chi connectivity index (χ2v) is 5.79. The van der Waals surface area contributed by atoms with E-state index in [1.54, 1.807) is 0 Å². The van der Waals surface area contributed by atoms with Gasteiger partial charge in [0.15, 0.2) is 5.13 Å². The fourth-order valence-corrected chi connectivity index (χ4v) is 3.08. The number of carbonyl (C=O) groups excluding carboxylic acids is 1. The summed E-state index contributed by atoms with van der Waals surface area (Å²) in [5.41, 5.74) is 1.93. The van der Waals surface area contributed by atoms with E-state index >= 15 is 0 Å². The summed E-state index contributed by atoms with van der Waals surface area (Å²) >= 11 is 1.45. The third-order valence-electron chi connectivity index (χ3n) is 3.39. The van der Waals surface area contributed by atoms with Gasteiger partial charge >= 0.3 is 0 Å². The Balaban J connectivity index is 1.62. The van der Waals surface area contributed by atoms with Crippen LogP contribution in [0.2, 0.25) is 0 Å². The molecule has 0 spiro atoms. The number of aryl methyl sites for hydroxylation is 1. The average molecular weight is 291 g/mol. The monoisotopic (exact) mass is 291 g/mol. The molecule has 20 heavy (non-hydrogen) atoms. The number of aromatic nitrogens is 2. The zero-order valence-corrected chi connectivity index (χ0v) is 12.2. The molecule has 1 amide bonds. The minimum Gasteiger partial charge on any atom is -0.378 e.